The van der Waals surface area contributed by atoms with Crippen molar-refractivity contribution >= 4 is 18.0 Å². The molecule has 2 aliphatic rings. The van der Waals surface area contributed by atoms with Gasteiger partial charge in [-0.1, -0.05) is 74.7 Å². The molecular weight excluding hydrogens is 444 g/mol. The number of carbonyl (C=O) groups excluding carboxylic acids is 2. The van der Waals surface area contributed by atoms with Crippen molar-refractivity contribution in [3.63, 3.8) is 0 Å². The first kappa shape index (κ1) is 24.8. The molecule has 2 amide bonds. The van der Waals surface area contributed by atoms with E-state index in [0.29, 0.717) is 12.8 Å². The van der Waals surface area contributed by atoms with Gasteiger partial charge in [0.1, 0.15) is 12.6 Å². The highest BCUT2D eigenvalue weighted by molar-refractivity contribution is 5.86. The molecule has 35 heavy (non-hydrogen) atoms. The number of aliphatic carboxylic acids is 1. The van der Waals surface area contributed by atoms with Crippen LogP contribution in [0.2, 0.25) is 0 Å². The Kier molecular flexibility index (Phi) is 8.06. The van der Waals surface area contributed by atoms with Crippen molar-refractivity contribution in [2.24, 2.45) is 5.92 Å². The van der Waals surface area contributed by atoms with Gasteiger partial charge in [0.2, 0.25) is 5.91 Å². The van der Waals surface area contributed by atoms with Gasteiger partial charge in [-0.3, -0.25) is 9.59 Å². The SMILES string of the molecule is CCC[C@H](NC(=O)OCC1c2ccccc2-c2ccccc21)C(=O)N[C@@H]1CCCC[C@@H]1CC(=O)O. The molecule has 0 heterocycles. The van der Waals surface area contributed by atoms with Gasteiger partial charge >= 0.3 is 12.1 Å². The normalized spacial score (nSPS) is 19.8. The number of fused-ring (bicyclic) bond motifs is 3. The summed E-state index contributed by atoms with van der Waals surface area (Å²) in [7, 11) is 0. The van der Waals surface area contributed by atoms with Crippen LogP contribution in [0, 0.1) is 5.92 Å². The Hall–Kier alpha value is -3.35. The molecule has 0 unspecified atom stereocenters. The Morgan fingerprint density at radius 2 is 1.63 bits per heavy atom. The fourth-order valence-corrected chi connectivity index (χ4v) is 5.49. The standard InChI is InChI=1S/C28H34N2O5/c1-2-9-25(27(33)29-24-15-8-3-10-18(24)16-26(31)32)30-28(34)35-17-23-21-13-6-4-11-19(21)20-12-5-7-14-22(20)23/h4-7,11-14,18,23-25H,2-3,8-10,15-17H2,1H3,(H,29,33)(H,30,34)(H,31,32)/t18-,24-,25+/m1/s1. The fourth-order valence-electron chi connectivity index (χ4n) is 5.49. The van der Waals surface area contributed by atoms with Crippen molar-refractivity contribution in [2.75, 3.05) is 6.61 Å². The van der Waals surface area contributed by atoms with Gasteiger partial charge in [-0.25, -0.2) is 4.79 Å². The largest absolute Gasteiger partial charge is 0.481 e. The highest BCUT2D eigenvalue weighted by atomic mass is 16.5. The van der Waals surface area contributed by atoms with Crippen LogP contribution in [0.25, 0.3) is 11.1 Å². The minimum absolute atomic E-state index is 0.0448. The molecule has 0 spiro atoms. The lowest BCUT2D eigenvalue weighted by atomic mass is 9.82. The number of carboxylic acid groups (broad SMARTS) is 1. The minimum atomic E-state index is -0.849. The summed E-state index contributed by atoms with van der Waals surface area (Å²) in [6.07, 6.45) is 4.09. The molecule has 2 aromatic carbocycles. The molecule has 7 heteroatoms. The van der Waals surface area contributed by atoms with Gasteiger partial charge in [0.15, 0.2) is 0 Å². The lowest BCUT2D eigenvalue weighted by Crippen LogP contribution is -2.52. The molecule has 1 fully saturated rings. The second kappa shape index (κ2) is 11.4. The average Bonchev–Trinajstić information content (AvgIpc) is 3.17. The lowest BCUT2D eigenvalue weighted by Gasteiger charge is -2.32. The molecule has 3 N–H and O–H groups in total. The fraction of sp³-hybridized carbons (Fsp3) is 0.464. The van der Waals surface area contributed by atoms with E-state index in [1.165, 1.54) is 0 Å². The molecule has 2 aromatic rings. The Morgan fingerprint density at radius 1 is 1.00 bits per heavy atom. The Labute approximate surface area is 206 Å². The molecular formula is C28H34N2O5. The van der Waals surface area contributed by atoms with Crippen LogP contribution in [0.1, 0.15) is 68.9 Å². The first-order chi connectivity index (χ1) is 17.0. The predicted octanol–water partition coefficient (Wildman–Crippen LogP) is 4.84. The first-order valence-corrected chi connectivity index (χ1v) is 12.6. The van der Waals surface area contributed by atoms with E-state index >= 15 is 0 Å². The second-order valence-electron chi connectivity index (χ2n) is 9.57. The van der Waals surface area contributed by atoms with E-state index in [4.69, 9.17) is 4.74 Å². The van der Waals surface area contributed by atoms with Crippen LogP contribution < -0.4 is 10.6 Å². The number of hydrogen-bond donors (Lipinski definition) is 3. The van der Waals surface area contributed by atoms with Gasteiger partial charge in [0.05, 0.1) is 6.42 Å². The summed E-state index contributed by atoms with van der Waals surface area (Å²) in [4.78, 5) is 37.0. The summed E-state index contributed by atoms with van der Waals surface area (Å²) in [6, 6.07) is 15.4. The number of ether oxygens (including phenoxy) is 1. The van der Waals surface area contributed by atoms with E-state index in [0.717, 1.165) is 47.9 Å². The molecule has 186 valence electrons. The molecule has 1 saturated carbocycles. The van der Waals surface area contributed by atoms with Gasteiger partial charge in [0.25, 0.3) is 0 Å². The maximum absolute atomic E-state index is 13.0. The van der Waals surface area contributed by atoms with Crippen molar-refractivity contribution in [3.8, 4) is 11.1 Å². The Morgan fingerprint density at radius 3 is 2.26 bits per heavy atom. The number of amides is 2. The lowest BCUT2D eigenvalue weighted by molar-refractivity contribution is -0.139. The topological polar surface area (TPSA) is 105 Å². The minimum Gasteiger partial charge on any atom is -0.481 e. The maximum atomic E-state index is 13.0. The number of nitrogens with one attached hydrogen (secondary N) is 2. The number of carbonyl (C=O) groups is 3. The quantitative estimate of drug-likeness (QED) is 0.478. The smallest absolute Gasteiger partial charge is 0.407 e. The first-order valence-electron chi connectivity index (χ1n) is 12.6. The summed E-state index contributed by atoms with van der Waals surface area (Å²) in [6.45, 7) is 2.14. The number of hydrogen-bond acceptors (Lipinski definition) is 4. The Balaban J connectivity index is 1.37. The molecule has 0 bridgehead atoms. The molecule has 2 aliphatic carbocycles. The van der Waals surface area contributed by atoms with Crippen LogP contribution >= 0.6 is 0 Å². The van der Waals surface area contributed by atoms with Crippen molar-refractivity contribution in [2.45, 2.75) is 69.9 Å². The Bertz CT molecular complexity index is 1020. The molecule has 0 aliphatic heterocycles. The van der Waals surface area contributed by atoms with Gasteiger partial charge in [-0.2, -0.15) is 0 Å². The zero-order valence-electron chi connectivity index (χ0n) is 20.2. The summed E-state index contributed by atoms with van der Waals surface area (Å²) in [5.74, 6) is -1.26. The van der Waals surface area contributed by atoms with Crippen molar-refractivity contribution in [1.82, 2.24) is 10.6 Å². The van der Waals surface area contributed by atoms with Crippen molar-refractivity contribution < 1.29 is 24.2 Å². The van der Waals surface area contributed by atoms with Crippen LogP contribution in [0.3, 0.4) is 0 Å². The summed E-state index contributed by atoms with van der Waals surface area (Å²) in [5.41, 5.74) is 4.57. The van der Waals surface area contributed by atoms with E-state index in [1.54, 1.807) is 0 Å². The van der Waals surface area contributed by atoms with E-state index in [2.05, 4.69) is 34.9 Å². The zero-order chi connectivity index (χ0) is 24.8. The van der Waals surface area contributed by atoms with Crippen molar-refractivity contribution in [3.05, 3.63) is 59.7 Å². The summed E-state index contributed by atoms with van der Waals surface area (Å²) in [5, 5.41) is 15.0. The zero-order valence-corrected chi connectivity index (χ0v) is 20.2. The third kappa shape index (κ3) is 5.84. The summed E-state index contributed by atoms with van der Waals surface area (Å²) >= 11 is 0. The second-order valence-corrected chi connectivity index (χ2v) is 9.57. The molecule has 0 aromatic heterocycles. The number of carboxylic acids is 1. The molecule has 3 atom stereocenters. The van der Waals surface area contributed by atoms with E-state index in [1.807, 2.05) is 31.2 Å². The summed E-state index contributed by atoms with van der Waals surface area (Å²) < 4.78 is 5.62. The highest BCUT2D eigenvalue weighted by Gasteiger charge is 2.32. The third-order valence-electron chi connectivity index (χ3n) is 7.20. The highest BCUT2D eigenvalue weighted by Crippen LogP contribution is 2.44. The number of benzene rings is 2. The van der Waals surface area contributed by atoms with Crippen LogP contribution in [0.15, 0.2) is 48.5 Å². The maximum Gasteiger partial charge on any atom is 0.407 e. The predicted molar refractivity (Wildman–Crippen MR) is 133 cm³/mol. The molecule has 0 saturated heterocycles. The van der Waals surface area contributed by atoms with Gasteiger partial charge < -0.3 is 20.5 Å². The van der Waals surface area contributed by atoms with E-state index in [9.17, 15) is 19.5 Å². The monoisotopic (exact) mass is 478 g/mol. The van der Waals surface area contributed by atoms with Crippen LogP contribution in [-0.4, -0.2) is 41.8 Å². The number of rotatable bonds is 9. The van der Waals surface area contributed by atoms with Gasteiger partial charge in [-0.05, 0) is 47.4 Å². The third-order valence-corrected chi connectivity index (χ3v) is 7.20. The molecule has 7 nitrogen and oxygen atoms in total. The van der Waals surface area contributed by atoms with Crippen LogP contribution in [0.4, 0.5) is 4.79 Å². The van der Waals surface area contributed by atoms with Crippen LogP contribution in [-0.2, 0) is 14.3 Å². The average molecular weight is 479 g/mol. The van der Waals surface area contributed by atoms with Crippen LogP contribution in [0.5, 0.6) is 0 Å². The number of alkyl carbamates (subject to hydrolysis) is 1. The van der Waals surface area contributed by atoms with Crippen molar-refractivity contribution in [1.29, 1.82) is 0 Å². The molecule has 4 rings (SSSR count). The molecule has 0 radical (unpaired) electrons. The van der Waals surface area contributed by atoms with Gasteiger partial charge in [0, 0.05) is 12.0 Å². The van der Waals surface area contributed by atoms with E-state index < -0.39 is 18.1 Å². The van der Waals surface area contributed by atoms with Gasteiger partial charge in [-0.15, -0.1) is 0 Å². The van der Waals surface area contributed by atoms with E-state index in [-0.39, 0.29) is 36.8 Å².